The third-order valence-corrected chi connectivity index (χ3v) is 5.30. The van der Waals surface area contributed by atoms with Crippen molar-refractivity contribution in [2.75, 3.05) is 13.1 Å². The predicted octanol–water partition coefficient (Wildman–Crippen LogP) is 1.53. The molecule has 4 nitrogen and oxygen atoms in total. The summed E-state index contributed by atoms with van der Waals surface area (Å²) in [6, 6.07) is 3.28. The summed E-state index contributed by atoms with van der Waals surface area (Å²) < 4.78 is 25.9. The molecule has 0 aliphatic carbocycles. The Balaban J connectivity index is 2.97. The summed E-state index contributed by atoms with van der Waals surface area (Å²) in [4.78, 5) is 0. The van der Waals surface area contributed by atoms with Gasteiger partial charge in [0, 0.05) is 13.1 Å². The first kappa shape index (κ1) is 13.6. The number of likely N-dealkylation sites (N-methyl/N-ethyl adjacent to an activating group) is 1. The second-order valence-corrected chi connectivity index (χ2v) is 7.29. The summed E-state index contributed by atoms with van der Waals surface area (Å²) in [5.74, 6) is 0. The number of aliphatic hydroxyl groups is 1. The first-order chi connectivity index (χ1) is 7.27. The van der Waals surface area contributed by atoms with Crippen molar-refractivity contribution in [3.63, 3.8) is 0 Å². The summed E-state index contributed by atoms with van der Waals surface area (Å²) in [7, 11) is -3.45. The molecule has 0 spiro atoms. The van der Waals surface area contributed by atoms with E-state index in [2.05, 4.69) is 0 Å². The smallest absolute Gasteiger partial charge is 0.252 e. The first-order valence-corrected chi connectivity index (χ1v) is 7.35. The van der Waals surface area contributed by atoms with Crippen molar-refractivity contribution in [1.82, 2.24) is 4.31 Å². The number of hydrogen-bond donors (Lipinski definition) is 1. The van der Waals surface area contributed by atoms with E-state index < -0.39 is 15.6 Å². The van der Waals surface area contributed by atoms with Crippen LogP contribution in [0.15, 0.2) is 21.7 Å². The van der Waals surface area contributed by atoms with E-state index >= 15 is 0 Å². The van der Waals surface area contributed by atoms with Gasteiger partial charge in [-0.15, -0.1) is 11.3 Å². The number of sulfonamides is 1. The minimum atomic E-state index is -3.45. The normalized spacial score (nSPS) is 13.3. The van der Waals surface area contributed by atoms with Crippen LogP contribution in [0.5, 0.6) is 0 Å². The van der Waals surface area contributed by atoms with Crippen molar-refractivity contribution in [2.24, 2.45) is 0 Å². The molecular formula is C10H17NO3S2. The van der Waals surface area contributed by atoms with E-state index in [-0.39, 0.29) is 6.54 Å². The average Bonchev–Trinajstić information content (AvgIpc) is 2.65. The Morgan fingerprint density at radius 3 is 2.50 bits per heavy atom. The monoisotopic (exact) mass is 263 g/mol. The molecule has 1 rings (SSSR count). The minimum Gasteiger partial charge on any atom is -0.389 e. The van der Waals surface area contributed by atoms with Crippen LogP contribution >= 0.6 is 11.3 Å². The Labute approximate surface area is 101 Å². The molecule has 1 aromatic heterocycles. The Kier molecular flexibility index (Phi) is 4.12. The second-order valence-electron chi connectivity index (χ2n) is 4.18. The fraction of sp³-hybridized carbons (Fsp3) is 0.600. The van der Waals surface area contributed by atoms with Crippen LogP contribution in [0.2, 0.25) is 0 Å². The molecule has 0 aromatic carbocycles. The van der Waals surface area contributed by atoms with Gasteiger partial charge >= 0.3 is 0 Å². The van der Waals surface area contributed by atoms with Gasteiger partial charge in [-0.25, -0.2) is 8.42 Å². The molecule has 1 aromatic rings. The topological polar surface area (TPSA) is 57.6 Å². The zero-order valence-corrected chi connectivity index (χ0v) is 11.3. The van der Waals surface area contributed by atoms with Gasteiger partial charge < -0.3 is 5.11 Å². The third-order valence-electron chi connectivity index (χ3n) is 2.01. The summed E-state index contributed by atoms with van der Waals surface area (Å²) in [6.07, 6.45) is 0. The summed E-state index contributed by atoms with van der Waals surface area (Å²) >= 11 is 1.19. The highest BCUT2D eigenvalue weighted by molar-refractivity contribution is 7.91. The van der Waals surface area contributed by atoms with Crippen LogP contribution in [-0.2, 0) is 10.0 Å². The SMILES string of the molecule is CCN(CC(C)(C)O)S(=O)(=O)c1cccs1. The molecule has 1 N–H and O–H groups in total. The lowest BCUT2D eigenvalue weighted by atomic mass is 10.1. The van der Waals surface area contributed by atoms with Crippen LogP contribution in [-0.4, -0.2) is 36.5 Å². The average molecular weight is 263 g/mol. The van der Waals surface area contributed by atoms with Gasteiger partial charge in [-0.05, 0) is 25.3 Å². The fourth-order valence-corrected chi connectivity index (χ4v) is 4.08. The van der Waals surface area contributed by atoms with Crippen molar-refractivity contribution in [3.05, 3.63) is 17.5 Å². The maximum Gasteiger partial charge on any atom is 0.252 e. The maximum absolute atomic E-state index is 12.1. The van der Waals surface area contributed by atoms with Gasteiger partial charge in [0.25, 0.3) is 10.0 Å². The van der Waals surface area contributed by atoms with Crippen LogP contribution in [0.4, 0.5) is 0 Å². The van der Waals surface area contributed by atoms with Gasteiger partial charge in [-0.1, -0.05) is 13.0 Å². The Morgan fingerprint density at radius 1 is 1.50 bits per heavy atom. The van der Waals surface area contributed by atoms with Crippen LogP contribution in [0.25, 0.3) is 0 Å². The maximum atomic E-state index is 12.1. The Hall–Kier alpha value is -0.430. The van der Waals surface area contributed by atoms with Gasteiger partial charge in [0.15, 0.2) is 0 Å². The lowest BCUT2D eigenvalue weighted by Gasteiger charge is -2.26. The van der Waals surface area contributed by atoms with Crippen molar-refractivity contribution in [3.8, 4) is 0 Å². The van der Waals surface area contributed by atoms with Crippen molar-refractivity contribution < 1.29 is 13.5 Å². The molecule has 0 saturated carbocycles. The molecular weight excluding hydrogens is 246 g/mol. The molecule has 0 atom stereocenters. The third kappa shape index (κ3) is 3.28. The first-order valence-electron chi connectivity index (χ1n) is 5.03. The van der Waals surface area contributed by atoms with E-state index in [4.69, 9.17) is 0 Å². The van der Waals surface area contributed by atoms with Gasteiger partial charge in [-0.3, -0.25) is 0 Å². The Morgan fingerprint density at radius 2 is 2.12 bits per heavy atom. The zero-order chi connectivity index (χ0) is 12.4. The number of hydrogen-bond acceptors (Lipinski definition) is 4. The lowest BCUT2D eigenvalue weighted by molar-refractivity contribution is 0.0602. The number of thiophene rings is 1. The van der Waals surface area contributed by atoms with Crippen LogP contribution in [0.3, 0.4) is 0 Å². The summed E-state index contributed by atoms with van der Waals surface area (Å²) in [6.45, 7) is 5.41. The number of nitrogens with zero attached hydrogens (tertiary/aromatic N) is 1. The molecule has 1 heterocycles. The standard InChI is InChI=1S/C10H17NO3S2/c1-4-11(8-10(2,3)12)16(13,14)9-6-5-7-15-9/h5-7,12H,4,8H2,1-3H3. The van der Waals surface area contributed by atoms with Crippen LogP contribution in [0, 0.1) is 0 Å². The molecule has 0 amide bonds. The predicted molar refractivity (Wildman–Crippen MR) is 65.0 cm³/mol. The van der Waals surface area contributed by atoms with E-state index in [1.165, 1.54) is 15.6 Å². The molecule has 0 aliphatic heterocycles. The zero-order valence-electron chi connectivity index (χ0n) is 9.67. The quantitative estimate of drug-likeness (QED) is 0.876. The highest BCUT2D eigenvalue weighted by atomic mass is 32.2. The van der Waals surface area contributed by atoms with Gasteiger partial charge in [0.05, 0.1) is 5.60 Å². The molecule has 0 bridgehead atoms. The van der Waals surface area contributed by atoms with E-state index in [1.807, 2.05) is 0 Å². The summed E-state index contributed by atoms with van der Waals surface area (Å²) in [5.41, 5.74) is -1.03. The van der Waals surface area contributed by atoms with E-state index in [0.717, 1.165) is 0 Å². The molecule has 16 heavy (non-hydrogen) atoms. The van der Waals surface area contributed by atoms with Gasteiger partial charge in [0.2, 0.25) is 0 Å². The largest absolute Gasteiger partial charge is 0.389 e. The van der Waals surface area contributed by atoms with Crippen molar-refractivity contribution >= 4 is 21.4 Å². The fourth-order valence-electron chi connectivity index (χ4n) is 1.34. The Bertz CT molecular complexity index is 417. The molecule has 0 unspecified atom stereocenters. The minimum absolute atomic E-state index is 0.101. The van der Waals surface area contributed by atoms with Crippen molar-refractivity contribution in [1.29, 1.82) is 0 Å². The summed E-state index contributed by atoms with van der Waals surface area (Å²) in [5, 5.41) is 11.4. The van der Waals surface area contributed by atoms with E-state index in [1.54, 1.807) is 38.3 Å². The highest BCUT2D eigenvalue weighted by Gasteiger charge is 2.28. The van der Waals surface area contributed by atoms with Gasteiger partial charge in [0.1, 0.15) is 4.21 Å². The molecule has 92 valence electrons. The number of rotatable bonds is 5. The van der Waals surface area contributed by atoms with Crippen LogP contribution < -0.4 is 0 Å². The van der Waals surface area contributed by atoms with E-state index in [9.17, 15) is 13.5 Å². The molecule has 0 radical (unpaired) electrons. The highest BCUT2D eigenvalue weighted by Crippen LogP contribution is 2.22. The van der Waals surface area contributed by atoms with Gasteiger partial charge in [-0.2, -0.15) is 4.31 Å². The van der Waals surface area contributed by atoms with E-state index in [0.29, 0.717) is 10.8 Å². The second kappa shape index (κ2) is 4.83. The lowest BCUT2D eigenvalue weighted by Crippen LogP contribution is -2.41. The molecule has 0 aliphatic rings. The molecule has 0 fully saturated rings. The van der Waals surface area contributed by atoms with Crippen molar-refractivity contribution in [2.45, 2.75) is 30.6 Å². The molecule has 6 heteroatoms. The van der Waals surface area contributed by atoms with Crippen LogP contribution in [0.1, 0.15) is 20.8 Å². The molecule has 0 saturated heterocycles.